The third-order valence-electron chi connectivity index (χ3n) is 15.3. The van der Waals surface area contributed by atoms with Crippen LogP contribution in [-0.4, -0.2) is 59.1 Å². The number of carbonyl (C=O) groups is 1. The molecule has 7 aliphatic rings. The van der Waals surface area contributed by atoms with Gasteiger partial charge < -0.3 is 29.2 Å². The van der Waals surface area contributed by atoms with Crippen molar-refractivity contribution >= 4 is 5.97 Å². The Bertz CT molecular complexity index is 1220. The van der Waals surface area contributed by atoms with Crippen molar-refractivity contribution in [2.24, 2.45) is 51.2 Å². The molecule has 13 atom stereocenters. The molecule has 7 rings (SSSR count). The standard InChI is InChI=1S/C38H60O7/c1-9-23-18-28(33(41)35(6,7)45-22(3)39)43-27-20-26-25-10-11-29-34(4,5)30(44-31-19-24(40)13-17-42-31)12-14-38(29)21(2)37(25,38)16-15-36(26,8)32(23)27/h21,23-26,28-31,33,40-41H,9-20H2,1-8H3. The first-order valence-corrected chi connectivity index (χ1v) is 18.4. The molecule has 0 aromatic heterocycles. The molecule has 2 N–H and O–H groups in total. The molecule has 45 heavy (non-hydrogen) atoms. The topological polar surface area (TPSA) is 94.5 Å². The molecule has 254 valence electrons. The number of carbonyl (C=O) groups excluding carboxylic acids is 1. The average molecular weight is 629 g/mol. The van der Waals surface area contributed by atoms with E-state index in [-0.39, 0.29) is 41.4 Å². The second-order valence-corrected chi connectivity index (χ2v) is 17.7. The van der Waals surface area contributed by atoms with E-state index in [1.807, 2.05) is 0 Å². The van der Waals surface area contributed by atoms with Gasteiger partial charge in [0.2, 0.25) is 0 Å². The third kappa shape index (κ3) is 4.44. The lowest BCUT2D eigenvalue weighted by Crippen LogP contribution is -2.55. The first-order valence-electron chi connectivity index (χ1n) is 18.4. The zero-order chi connectivity index (χ0) is 32.3. The number of ether oxygens (including phenoxy) is 4. The number of hydrogen-bond acceptors (Lipinski definition) is 7. The minimum atomic E-state index is -1.00. The predicted molar refractivity (Wildman–Crippen MR) is 171 cm³/mol. The highest BCUT2D eigenvalue weighted by atomic mass is 16.7. The Morgan fingerprint density at radius 1 is 1.04 bits per heavy atom. The fraction of sp³-hybridized carbons (Fsp3) is 0.921. The van der Waals surface area contributed by atoms with Gasteiger partial charge in [0.15, 0.2) is 6.29 Å². The van der Waals surface area contributed by atoms with E-state index in [1.54, 1.807) is 19.4 Å². The van der Waals surface area contributed by atoms with Crippen LogP contribution in [0.4, 0.5) is 0 Å². The van der Waals surface area contributed by atoms with Crippen molar-refractivity contribution in [3.05, 3.63) is 11.3 Å². The number of aliphatic hydroxyl groups excluding tert-OH is 2. The zero-order valence-electron chi connectivity index (χ0n) is 29.2. The van der Waals surface area contributed by atoms with Crippen molar-refractivity contribution in [1.29, 1.82) is 0 Å². The van der Waals surface area contributed by atoms with Crippen molar-refractivity contribution in [1.82, 2.24) is 0 Å². The molecule has 2 heterocycles. The highest BCUT2D eigenvalue weighted by Gasteiger charge is 2.84. The van der Waals surface area contributed by atoms with Gasteiger partial charge in [0.1, 0.15) is 17.8 Å². The van der Waals surface area contributed by atoms with Gasteiger partial charge in [-0.15, -0.1) is 0 Å². The van der Waals surface area contributed by atoms with Crippen LogP contribution < -0.4 is 0 Å². The van der Waals surface area contributed by atoms with E-state index in [1.165, 1.54) is 39.0 Å². The summed E-state index contributed by atoms with van der Waals surface area (Å²) in [6.07, 6.45) is 9.78. The van der Waals surface area contributed by atoms with Crippen LogP contribution in [0.2, 0.25) is 0 Å². The number of rotatable bonds is 6. The zero-order valence-corrected chi connectivity index (χ0v) is 29.2. The number of hydrogen-bond donors (Lipinski definition) is 2. The molecule has 0 aromatic rings. The summed E-state index contributed by atoms with van der Waals surface area (Å²) < 4.78 is 25.0. The van der Waals surface area contributed by atoms with Crippen LogP contribution in [0.15, 0.2) is 11.3 Å². The normalized spacial score (nSPS) is 49.0. The molecular formula is C38H60O7. The summed E-state index contributed by atoms with van der Waals surface area (Å²) in [6, 6.07) is 0. The monoisotopic (exact) mass is 628 g/mol. The fourth-order valence-electron chi connectivity index (χ4n) is 13.4. The summed E-state index contributed by atoms with van der Waals surface area (Å²) >= 11 is 0. The van der Waals surface area contributed by atoms with Gasteiger partial charge in [-0.1, -0.05) is 34.6 Å². The summed E-state index contributed by atoms with van der Waals surface area (Å²) in [7, 11) is 0. The molecule has 5 aliphatic carbocycles. The molecule has 5 fully saturated rings. The first-order chi connectivity index (χ1) is 21.1. The molecule has 13 unspecified atom stereocenters. The van der Waals surface area contributed by atoms with Crippen molar-refractivity contribution in [3.8, 4) is 0 Å². The number of fused-ring (bicyclic) bond motifs is 3. The lowest BCUT2D eigenvalue weighted by atomic mass is 9.46. The maximum atomic E-state index is 11.8. The van der Waals surface area contributed by atoms with Crippen molar-refractivity contribution in [2.45, 2.75) is 162 Å². The molecule has 7 nitrogen and oxygen atoms in total. The maximum Gasteiger partial charge on any atom is 0.303 e. The molecule has 7 heteroatoms. The third-order valence-corrected chi connectivity index (χ3v) is 15.3. The Morgan fingerprint density at radius 3 is 2.49 bits per heavy atom. The Balaban J connectivity index is 1.12. The van der Waals surface area contributed by atoms with Crippen LogP contribution in [0.1, 0.15) is 126 Å². The molecular weight excluding hydrogens is 568 g/mol. The second kappa shape index (κ2) is 10.7. The minimum absolute atomic E-state index is 0.0647. The molecule has 0 aromatic carbocycles. The van der Waals surface area contributed by atoms with Crippen LogP contribution in [0, 0.1) is 51.2 Å². The molecule has 2 aliphatic heterocycles. The largest absolute Gasteiger partial charge is 0.492 e. The van der Waals surface area contributed by atoms with E-state index in [0.29, 0.717) is 54.0 Å². The maximum absolute atomic E-state index is 11.8. The van der Waals surface area contributed by atoms with E-state index >= 15 is 0 Å². The Morgan fingerprint density at radius 2 is 1.80 bits per heavy atom. The number of aliphatic hydroxyl groups is 2. The second-order valence-electron chi connectivity index (χ2n) is 17.7. The van der Waals surface area contributed by atoms with Gasteiger partial charge >= 0.3 is 5.97 Å². The molecule has 0 amide bonds. The molecule has 1 saturated heterocycles. The Labute approximate surface area is 271 Å². The number of allylic oxidation sites excluding steroid dienone is 2. The average Bonchev–Trinajstić information content (AvgIpc) is 3.34. The summed E-state index contributed by atoms with van der Waals surface area (Å²) in [6.45, 7) is 17.9. The van der Waals surface area contributed by atoms with Crippen LogP contribution in [0.3, 0.4) is 0 Å². The SMILES string of the molecule is CCC1CC(C(O)C(C)(C)OC(C)=O)OC2=C1C1(C)CCC34C(CCC5C(C)(C)C(OC6CC(O)CCO6)CCC53C4C)C1C2. The van der Waals surface area contributed by atoms with Gasteiger partial charge in [-0.25, -0.2) is 0 Å². The van der Waals surface area contributed by atoms with Crippen LogP contribution in [-0.2, 0) is 23.7 Å². The first kappa shape index (κ1) is 32.4. The summed E-state index contributed by atoms with van der Waals surface area (Å²) in [5.41, 5.74) is 1.54. The van der Waals surface area contributed by atoms with Gasteiger partial charge in [-0.05, 0) is 128 Å². The van der Waals surface area contributed by atoms with Crippen molar-refractivity contribution in [2.75, 3.05) is 6.61 Å². The van der Waals surface area contributed by atoms with E-state index in [4.69, 9.17) is 18.9 Å². The number of esters is 1. The summed E-state index contributed by atoms with van der Waals surface area (Å²) in [5, 5.41) is 21.7. The highest BCUT2D eigenvalue weighted by Crippen LogP contribution is 2.89. The summed E-state index contributed by atoms with van der Waals surface area (Å²) in [4.78, 5) is 11.8. The van der Waals surface area contributed by atoms with Gasteiger partial charge in [-0.2, -0.15) is 0 Å². The van der Waals surface area contributed by atoms with E-state index in [2.05, 4.69) is 34.6 Å². The lowest BCUT2D eigenvalue weighted by Gasteiger charge is -2.59. The summed E-state index contributed by atoms with van der Waals surface area (Å²) in [5.74, 6) is 3.80. The minimum Gasteiger partial charge on any atom is -0.492 e. The molecule has 4 saturated carbocycles. The lowest BCUT2D eigenvalue weighted by molar-refractivity contribution is -0.248. The Kier molecular flexibility index (Phi) is 7.69. The van der Waals surface area contributed by atoms with Gasteiger partial charge in [0.05, 0.1) is 24.6 Å². The molecule has 0 bridgehead atoms. The Hall–Kier alpha value is -1.15. The van der Waals surface area contributed by atoms with Crippen molar-refractivity contribution in [3.63, 3.8) is 0 Å². The molecule has 0 radical (unpaired) electrons. The van der Waals surface area contributed by atoms with Crippen LogP contribution in [0.25, 0.3) is 0 Å². The van der Waals surface area contributed by atoms with Crippen molar-refractivity contribution < 1.29 is 34.0 Å². The van der Waals surface area contributed by atoms with Gasteiger partial charge in [0, 0.05) is 19.8 Å². The highest BCUT2D eigenvalue weighted by molar-refractivity contribution is 5.66. The van der Waals surface area contributed by atoms with Gasteiger partial charge in [-0.3, -0.25) is 4.79 Å². The smallest absolute Gasteiger partial charge is 0.303 e. The quantitative estimate of drug-likeness (QED) is 0.243. The van der Waals surface area contributed by atoms with E-state index in [9.17, 15) is 15.0 Å². The van der Waals surface area contributed by atoms with Gasteiger partial charge in [0.25, 0.3) is 0 Å². The predicted octanol–water partition coefficient (Wildman–Crippen LogP) is 6.93. The van der Waals surface area contributed by atoms with Crippen LogP contribution in [0.5, 0.6) is 0 Å². The van der Waals surface area contributed by atoms with E-state index in [0.717, 1.165) is 37.4 Å². The van der Waals surface area contributed by atoms with Crippen LogP contribution >= 0.6 is 0 Å². The molecule has 2 spiro atoms. The fourth-order valence-corrected chi connectivity index (χ4v) is 13.4. The van der Waals surface area contributed by atoms with E-state index < -0.39 is 11.7 Å².